The Morgan fingerprint density at radius 2 is 1.64 bits per heavy atom. The van der Waals surface area contributed by atoms with Gasteiger partial charge in [0.1, 0.15) is 0 Å². The maximum atomic E-state index is 13.0. The van der Waals surface area contributed by atoms with E-state index in [0.717, 1.165) is 9.87 Å². The Balaban J connectivity index is 2.32. The third-order valence-electron chi connectivity index (χ3n) is 3.32. The average molecular weight is 382 g/mol. The van der Waals surface area contributed by atoms with Gasteiger partial charge in [-0.1, -0.05) is 41.9 Å². The van der Waals surface area contributed by atoms with E-state index in [1.54, 1.807) is 14.1 Å². The van der Waals surface area contributed by atoms with Crippen molar-refractivity contribution >= 4 is 27.5 Å². The highest BCUT2D eigenvalue weighted by Crippen LogP contribution is 2.20. The highest BCUT2D eigenvalue weighted by molar-refractivity contribution is 7.89. The molecule has 8 heteroatoms. The molecule has 2 rings (SSSR count). The van der Waals surface area contributed by atoms with Gasteiger partial charge in [-0.25, -0.2) is 13.4 Å². The first kappa shape index (κ1) is 19.4. The number of sulfonamides is 1. The van der Waals surface area contributed by atoms with Gasteiger partial charge in [0.25, 0.3) is 0 Å². The first-order chi connectivity index (χ1) is 11.8. The van der Waals surface area contributed by atoms with Crippen LogP contribution in [0.3, 0.4) is 0 Å². The Bertz CT molecular complexity index is 809. The molecule has 0 unspecified atom stereocenters. The second-order valence-electron chi connectivity index (χ2n) is 5.64. The Labute approximate surface area is 153 Å². The van der Waals surface area contributed by atoms with Crippen LogP contribution in [0, 0.1) is 0 Å². The second-order valence-corrected chi connectivity index (χ2v) is 8.02. The fourth-order valence-electron chi connectivity index (χ4n) is 2.21. The third kappa shape index (κ3) is 5.54. The molecule has 0 aliphatic heterocycles. The maximum absolute atomic E-state index is 13.0. The lowest BCUT2D eigenvalue weighted by Gasteiger charge is -2.23. The van der Waals surface area contributed by atoms with Gasteiger partial charge < -0.3 is 0 Å². The number of hydrogen-bond donors (Lipinski definition) is 1. The molecule has 0 heterocycles. The summed E-state index contributed by atoms with van der Waals surface area (Å²) in [6.45, 7) is -0.204. The number of nitrogens with zero attached hydrogens (tertiary/aromatic N) is 2. The van der Waals surface area contributed by atoms with Crippen LogP contribution in [-0.2, 0) is 21.4 Å². The van der Waals surface area contributed by atoms with Crippen molar-refractivity contribution < 1.29 is 13.2 Å². The van der Waals surface area contributed by atoms with Gasteiger partial charge in [-0.2, -0.15) is 4.31 Å². The number of carbonyl (C=O) groups is 1. The van der Waals surface area contributed by atoms with E-state index in [-0.39, 0.29) is 18.0 Å². The molecule has 1 N–H and O–H groups in total. The van der Waals surface area contributed by atoms with E-state index in [1.807, 2.05) is 30.3 Å². The predicted molar refractivity (Wildman–Crippen MR) is 97.3 cm³/mol. The van der Waals surface area contributed by atoms with E-state index in [9.17, 15) is 13.2 Å². The van der Waals surface area contributed by atoms with Gasteiger partial charge in [-0.15, -0.1) is 0 Å². The Kier molecular flexibility index (Phi) is 6.55. The van der Waals surface area contributed by atoms with Gasteiger partial charge in [0.05, 0.1) is 11.4 Å². The Morgan fingerprint density at radius 3 is 2.20 bits per heavy atom. The quantitative estimate of drug-likeness (QED) is 0.746. The lowest BCUT2D eigenvalue weighted by molar-refractivity contribution is -0.125. The molecule has 0 saturated carbocycles. The summed E-state index contributed by atoms with van der Waals surface area (Å²) in [6, 6.07) is 15.0. The maximum Gasteiger partial charge on any atom is 0.249 e. The SMILES string of the molecule is CN(C)NC(=O)CN(Cc1ccccc1)S(=O)(=O)c1ccc(Cl)cc1. The van der Waals surface area contributed by atoms with Crippen LogP contribution in [0.2, 0.25) is 5.02 Å². The van der Waals surface area contributed by atoms with Crippen LogP contribution in [0.15, 0.2) is 59.5 Å². The summed E-state index contributed by atoms with van der Waals surface area (Å²) in [6.07, 6.45) is 0. The van der Waals surface area contributed by atoms with E-state index >= 15 is 0 Å². The fourth-order valence-corrected chi connectivity index (χ4v) is 3.72. The highest BCUT2D eigenvalue weighted by Gasteiger charge is 2.27. The summed E-state index contributed by atoms with van der Waals surface area (Å²) in [4.78, 5) is 12.2. The van der Waals surface area contributed by atoms with Gasteiger partial charge in [0.15, 0.2) is 0 Å². The van der Waals surface area contributed by atoms with E-state index in [0.29, 0.717) is 5.02 Å². The Morgan fingerprint density at radius 1 is 1.04 bits per heavy atom. The third-order valence-corrected chi connectivity index (χ3v) is 5.38. The predicted octanol–water partition coefficient (Wildman–Crippen LogP) is 2.12. The molecule has 0 radical (unpaired) electrons. The largest absolute Gasteiger partial charge is 0.288 e. The van der Waals surface area contributed by atoms with Gasteiger partial charge in [-0.05, 0) is 29.8 Å². The van der Waals surface area contributed by atoms with Crippen molar-refractivity contribution in [3.8, 4) is 0 Å². The minimum atomic E-state index is -3.85. The molecule has 2 aromatic carbocycles. The summed E-state index contributed by atoms with van der Waals surface area (Å²) in [5.74, 6) is -0.418. The molecule has 1 amide bonds. The van der Waals surface area contributed by atoms with Crippen molar-refractivity contribution in [1.29, 1.82) is 0 Å². The summed E-state index contributed by atoms with van der Waals surface area (Å²) >= 11 is 5.83. The van der Waals surface area contributed by atoms with E-state index in [2.05, 4.69) is 5.43 Å². The number of nitrogens with one attached hydrogen (secondary N) is 1. The van der Waals surface area contributed by atoms with Crippen LogP contribution >= 0.6 is 11.6 Å². The number of carbonyl (C=O) groups excluding carboxylic acids is 1. The molecule has 134 valence electrons. The normalized spacial score (nSPS) is 11.7. The molecule has 2 aromatic rings. The van der Waals surface area contributed by atoms with Crippen LogP contribution in [0.1, 0.15) is 5.56 Å². The zero-order valence-corrected chi connectivity index (χ0v) is 15.6. The summed E-state index contributed by atoms with van der Waals surface area (Å²) in [5, 5.41) is 1.91. The van der Waals surface area contributed by atoms with Crippen LogP contribution in [-0.4, -0.2) is 44.3 Å². The molecule has 0 spiro atoms. The van der Waals surface area contributed by atoms with Gasteiger partial charge in [0.2, 0.25) is 15.9 Å². The topological polar surface area (TPSA) is 69.7 Å². The molecule has 0 fully saturated rings. The van der Waals surface area contributed by atoms with E-state index in [4.69, 9.17) is 11.6 Å². The fraction of sp³-hybridized carbons (Fsp3) is 0.235. The Hall–Kier alpha value is -1.93. The lowest BCUT2D eigenvalue weighted by Crippen LogP contribution is -2.44. The van der Waals surface area contributed by atoms with Gasteiger partial charge >= 0.3 is 0 Å². The molecule has 0 aliphatic rings. The summed E-state index contributed by atoms with van der Waals surface area (Å²) in [7, 11) is -0.532. The molecule has 0 aliphatic carbocycles. The van der Waals surface area contributed by atoms with Crippen LogP contribution in [0.25, 0.3) is 0 Å². The second kappa shape index (κ2) is 8.44. The molecule has 0 saturated heterocycles. The van der Waals surface area contributed by atoms with Crippen molar-refractivity contribution in [2.24, 2.45) is 0 Å². The molecule has 25 heavy (non-hydrogen) atoms. The zero-order chi connectivity index (χ0) is 18.4. The monoisotopic (exact) mass is 381 g/mol. The zero-order valence-electron chi connectivity index (χ0n) is 14.0. The number of benzene rings is 2. The number of halogens is 1. The molecular formula is C17H20ClN3O3S. The van der Waals surface area contributed by atoms with Crippen molar-refractivity contribution in [3.05, 3.63) is 65.2 Å². The highest BCUT2D eigenvalue weighted by atomic mass is 35.5. The summed E-state index contributed by atoms with van der Waals surface area (Å²) in [5.41, 5.74) is 3.35. The van der Waals surface area contributed by atoms with E-state index < -0.39 is 15.9 Å². The number of hydrogen-bond acceptors (Lipinski definition) is 4. The minimum absolute atomic E-state index is 0.0884. The first-order valence-electron chi connectivity index (χ1n) is 7.55. The molecule has 0 atom stereocenters. The smallest absolute Gasteiger partial charge is 0.249 e. The van der Waals surface area contributed by atoms with E-state index in [1.165, 1.54) is 29.3 Å². The van der Waals surface area contributed by atoms with Crippen molar-refractivity contribution in [3.63, 3.8) is 0 Å². The minimum Gasteiger partial charge on any atom is -0.288 e. The van der Waals surface area contributed by atoms with Crippen LogP contribution < -0.4 is 5.43 Å². The molecule has 6 nitrogen and oxygen atoms in total. The number of hydrazine groups is 1. The van der Waals surface area contributed by atoms with Crippen molar-refractivity contribution in [2.45, 2.75) is 11.4 Å². The molecular weight excluding hydrogens is 362 g/mol. The molecule has 0 bridgehead atoms. The van der Waals surface area contributed by atoms with Crippen molar-refractivity contribution in [1.82, 2.24) is 14.7 Å². The molecule has 0 aromatic heterocycles. The summed E-state index contributed by atoms with van der Waals surface area (Å²) < 4.78 is 27.1. The van der Waals surface area contributed by atoms with Gasteiger partial charge in [0, 0.05) is 25.7 Å². The van der Waals surface area contributed by atoms with Crippen LogP contribution in [0.5, 0.6) is 0 Å². The van der Waals surface area contributed by atoms with Crippen LogP contribution in [0.4, 0.5) is 0 Å². The first-order valence-corrected chi connectivity index (χ1v) is 9.37. The van der Waals surface area contributed by atoms with Crippen molar-refractivity contribution in [2.75, 3.05) is 20.6 Å². The number of rotatable bonds is 7. The standard InChI is InChI=1S/C17H20ClN3O3S/c1-20(2)19-17(22)13-21(12-14-6-4-3-5-7-14)25(23,24)16-10-8-15(18)9-11-16/h3-11H,12-13H2,1-2H3,(H,19,22). The average Bonchev–Trinajstić information content (AvgIpc) is 2.55. The lowest BCUT2D eigenvalue weighted by atomic mass is 10.2. The van der Waals surface area contributed by atoms with Gasteiger partial charge in [-0.3, -0.25) is 10.2 Å². The number of amides is 1.